The highest BCUT2D eigenvalue weighted by molar-refractivity contribution is 5.83. The lowest BCUT2D eigenvalue weighted by atomic mass is 10.2. The van der Waals surface area contributed by atoms with Gasteiger partial charge in [0.25, 0.3) is 0 Å². The molecule has 0 saturated carbocycles. The smallest absolute Gasteiger partial charge is 0.326 e. The van der Waals surface area contributed by atoms with E-state index < -0.39 is 24.1 Å². The Bertz CT molecular complexity index is 494. The summed E-state index contributed by atoms with van der Waals surface area (Å²) in [7, 11) is 1.60. The summed E-state index contributed by atoms with van der Waals surface area (Å²) in [5, 5.41) is 18.6. The number of urea groups is 1. The molecule has 0 radical (unpaired) electrons. The van der Waals surface area contributed by atoms with Gasteiger partial charge in [-0.25, -0.2) is 9.59 Å². The first-order valence-electron chi connectivity index (χ1n) is 6.30. The lowest BCUT2D eigenvalue weighted by Crippen LogP contribution is -2.46. The van der Waals surface area contributed by atoms with Crippen molar-refractivity contribution in [2.24, 2.45) is 0 Å². The zero-order chi connectivity index (χ0) is 14.7. The molecule has 7 heteroatoms. The lowest BCUT2D eigenvalue weighted by molar-refractivity contribution is -0.141. The largest absolute Gasteiger partial charge is 0.480 e. The van der Waals surface area contributed by atoms with E-state index in [2.05, 4.69) is 4.98 Å². The van der Waals surface area contributed by atoms with Gasteiger partial charge in [0, 0.05) is 39.0 Å². The first kappa shape index (κ1) is 14.3. The van der Waals surface area contributed by atoms with Gasteiger partial charge in [-0.15, -0.1) is 0 Å². The van der Waals surface area contributed by atoms with Gasteiger partial charge in [-0.3, -0.25) is 4.98 Å². The Morgan fingerprint density at radius 2 is 2.10 bits per heavy atom. The molecule has 0 unspecified atom stereocenters. The van der Waals surface area contributed by atoms with E-state index in [0.717, 1.165) is 5.56 Å². The molecule has 2 amide bonds. The lowest BCUT2D eigenvalue weighted by Gasteiger charge is -2.27. The molecule has 1 aliphatic heterocycles. The summed E-state index contributed by atoms with van der Waals surface area (Å²) in [5.74, 6) is -1.09. The van der Waals surface area contributed by atoms with Crippen molar-refractivity contribution in [3.63, 3.8) is 0 Å². The maximum atomic E-state index is 12.3. The molecule has 0 bridgehead atoms. The molecule has 1 aromatic heterocycles. The number of aromatic nitrogens is 1. The quantitative estimate of drug-likeness (QED) is 0.821. The minimum atomic E-state index is -1.09. The average molecular weight is 279 g/mol. The maximum absolute atomic E-state index is 12.3. The average Bonchev–Trinajstić information content (AvgIpc) is 2.81. The van der Waals surface area contributed by atoms with E-state index in [4.69, 9.17) is 5.11 Å². The minimum Gasteiger partial charge on any atom is -0.480 e. The number of rotatable bonds is 3. The number of β-amino-alcohol motifs (C(OH)–C–C–N with tert-alkyl or cyclic N) is 1. The molecule has 0 spiro atoms. The number of aliphatic hydroxyl groups excluding tert-OH is 1. The van der Waals surface area contributed by atoms with E-state index in [1.807, 2.05) is 0 Å². The summed E-state index contributed by atoms with van der Waals surface area (Å²) < 4.78 is 0. The number of carboxylic acids is 1. The topological polar surface area (TPSA) is 94.0 Å². The third-order valence-corrected chi connectivity index (χ3v) is 3.31. The first-order valence-corrected chi connectivity index (χ1v) is 6.30. The van der Waals surface area contributed by atoms with E-state index in [0.29, 0.717) is 6.54 Å². The third kappa shape index (κ3) is 3.05. The van der Waals surface area contributed by atoms with Crippen LogP contribution >= 0.6 is 0 Å². The fourth-order valence-electron chi connectivity index (χ4n) is 2.31. The van der Waals surface area contributed by atoms with Crippen LogP contribution in [0.25, 0.3) is 0 Å². The Balaban J connectivity index is 2.04. The van der Waals surface area contributed by atoms with E-state index in [1.54, 1.807) is 31.6 Å². The van der Waals surface area contributed by atoms with Crippen LogP contribution in [0.1, 0.15) is 12.0 Å². The molecule has 20 heavy (non-hydrogen) atoms. The normalized spacial score (nSPS) is 21.8. The Kier molecular flexibility index (Phi) is 4.19. The van der Waals surface area contributed by atoms with Gasteiger partial charge in [-0.1, -0.05) is 0 Å². The van der Waals surface area contributed by atoms with Crippen LogP contribution < -0.4 is 0 Å². The maximum Gasteiger partial charge on any atom is 0.326 e. The molecule has 2 N–H and O–H groups in total. The number of nitrogens with zero attached hydrogens (tertiary/aromatic N) is 3. The molecule has 2 atom stereocenters. The molecule has 0 aromatic carbocycles. The van der Waals surface area contributed by atoms with Crippen LogP contribution in [0, 0.1) is 0 Å². The van der Waals surface area contributed by atoms with Crippen LogP contribution in [0.4, 0.5) is 4.79 Å². The van der Waals surface area contributed by atoms with Crippen molar-refractivity contribution >= 4 is 12.0 Å². The summed E-state index contributed by atoms with van der Waals surface area (Å²) >= 11 is 0. The van der Waals surface area contributed by atoms with Crippen molar-refractivity contribution in [1.82, 2.24) is 14.8 Å². The molecule has 2 heterocycles. The second-order valence-corrected chi connectivity index (χ2v) is 4.89. The first-order chi connectivity index (χ1) is 9.49. The molecule has 1 aromatic rings. The summed E-state index contributed by atoms with van der Waals surface area (Å²) in [6.07, 6.45) is 2.56. The van der Waals surface area contributed by atoms with Crippen molar-refractivity contribution in [3.05, 3.63) is 30.1 Å². The SMILES string of the molecule is CN(Cc1ccncc1)C(=O)N1C[C@@H](O)C[C@H]1C(=O)O. The van der Waals surface area contributed by atoms with Gasteiger partial charge in [0.1, 0.15) is 6.04 Å². The highest BCUT2D eigenvalue weighted by atomic mass is 16.4. The standard InChI is InChI=1S/C13H17N3O4/c1-15(7-9-2-4-14-5-3-9)13(20)16-8-10(17)6-11(16)12(18)19/h2-5,10-11,17H,6-8H2,1H3,(H,18,19)/t10-,11-/m0/s1. The number of aliphatic carboxylic acids is 1. The highest BCUT2D eigenvalue weighted by Crippen LogP contribution is 2.20. The van der Waals surface area contributed by atoms with Gasteiger partial charge in [0.2, 0.25) is 0 Å². The van der Waals surface area contributed by atoms with Gasteiger partial charge in [0.15, 0.2) is 0 Å². The minimum absolute atomic E-state index is 0.0521. The number of aliphatic hydroxyl groups is 1. The van der Waals surface area contributed by atoms with Crippen molar-refractivity contribution < 1.29 is 19.8 Å². The van der Waals surface area contributed by atoms with Crippen molar-refractivity contribution in [2.75, 3.05) is 13.6 Å². The fraction of sp³-hybridized carbons (Fsp3) is 0.462. The molecular weight excluding hydrogens is 262 g/mol. The highest BCUT2D eigenvalue weighted by Gasteiger charge is 2.39. The number of hydrogen-bond donors (Lipinski definition) is 2. The van der Waals surface area contributed by atoms with Crippen molar-refractivity contribution in [2.45, 2.75) is 25.1 Å². The molecule has 1 fully saturated rings. The number of likely N-dealkylation sites (tertiary alicyclic amines) is 1. The van der Waals surface area contributed by atoms with Crippen LogP contribution in [0.15, 0.2) is 24.5 Å². The van der Waals surface area contributed by atoms with Crippen LogP contribution in [-0.2, 0) is 11.3 Å². The van der Waals surface area contributed by atoms with Gasteiger partial charge in [0.05, 0.1) is 6.10 Å². The Labute approximate surface area is 116 Å². The Hall–Kier alpha value is -2.15. The number of hydrogen-bond acceptors (Lipinski definition) is 4. The number of carboxylic acid groups (broad SMARTS) is 1. The summed E-state index contributed by atoms with van der Waals surface area (Å²) in [4.78, 5) is 29.9. The molecule has 108 valence electrons. The molecule has 1 saturated heterocycles. The fourth-order valence-corrected chi connectivity index (χ4v) is 2.31. The second-order valence-electron chi connectivity index (χ2n) is 4.89. The number of carbonyl (C=O) groups is 2. The number of carbonyl (C=O) groups excluding carboxylic acids is 1. The van der Waals surface area contributed by atoms with Crippen LogP contribution in [0.3, 0.4) is 0 Å². The van der Waals surface area contributed by atoms with E-state index in [1.165, 1.54) is 9.80 Å². The number of amides is 2. The molecule has 1 aliphatic rings. The van der Waals surface area contributed by atoms with Gasteiger partial charge in [-0.05, 0) is 17.7 Å². The zero-order valence-corrected chi connectivity index (χ0v) is 11.1. The van der Waals surface area contributed by atoms with Crippen LogP contribution in [-0.4, -0.2) is 62.7 Å². The van der Waals surface area contributed by atoms with E-state index in [-0.39, 0.29) is 13.0 Å². The van der Waals surface area contributed by atoms with Gasteiger partial charge >= 0.3 is 12.0 Å². The predicted octanol–water partition coefficient (Wildman–Crippen LogP) is 0.153. The Morgan fingerprint density at radius 1 is 1.45 bits per heavy atom. The van der Waals surface area contributed by atoms with E-state index in [9.17, 15) is 14.7 Å². The Morgan fingerprint density at radius 3 is 2.70 bits per heavy atom. The zero-order valence-electron chi connectivity index (χ0n) is 11.1. The second kappa shape index (κ2) is 5.87. The molecule has 0 aliphatic carbocycles. The molecule has 7 nitrogen and oxygen atoms in total. The van der Waals surface area contributed by atoms with Crippen molar-refractivity contribution in [1.29, 1.82) is 0 Å². The third-order valence-electron chi connectivity index (χ3n) is 3.31. The van der Waals surface area contributed by atoms with Gasteiger partial charge in [-0.2, -0.15) is 0 Å². The van der Waals surface area contributed by atoms with Crippen LogP contribution in [0.5, 0.6) is 0 Å². The molecule has 2 rings (SSSR count). The summed E-state index contributed by atoms with van der Waals surface area (Å²) in [5.41, 5.74) is 0.905. The monoisotopic (exact) mass is 279 g/mol. The summed E-state index contributed by atoms with van der Waals surface area (Å²) in [6.45, 7) is 0.413. The van der Waals surface area contributed by atoms with Crippen molar-refractivity contribution in [3.8, 4) is 0 Å². The van der Waals surface area contributed by atoms with Gasteiger partial charge < -0.3 is 20.0 Å². The van der Waals surface area contributed by atoms with E-state index >= 15 is 0 Å². The summed E-state index contributed by atoms with van der Waals surface area (Å²) in [6, 6.07) is 2.22. The number of pyridine rings is 1. The molecular formula is C13H17N3O4. The van der Waals surface area contributed by atoms with Crippen LogP contribution in [0.2, 0.25) is 0 Å². The predicted molar refractivity (Wildman–Crippen MR) is 69.9 cm³/mol.